The molecule has 1 saturated carbocycles. The van der Waals surface area contributed by atoms with E-state index in [1.165, 1.54) is 44.3 Å². The Morgan fingerprint density at radius 1 is 1.20 bits per heavy atom. The Hall–Kier alpha value is -0.380. The second-order valence-corrected chi connectivity index (χ2v) is 6.95. The second kappa shape index (κ2) is 8.16. The Morgan fingerprint density at radius 3 is 2.60 bits per heavy atom. The third-order valence-corrected chi connectivity index (χ3v) is 4.80. The van der Waals surface area contributed by atoms with Gasteiger partial charge in [-0.15, -0.1) is 0 Å². The van der Waals surface area contributed by atoms with Crippen LogP contribution >= 0.6 is 0 Å². The van der Waals surface area contributed by atoms with E-state index in [2.05, 4.69) is 30.1 Å². The van der Waals surface area contributed by atoms with Gasteiger partial charge in [0.1, 0.15) is 0 Å². The number of hydrogen-bond acceptors (Lipinski definition) is 3. The van der Waals surface area contributed by atoms with Crippen molar-refractivity contribution in [1.82, 2.24) is 10.2 Å². The van der Waals surface area contributed by atoms with Crippen molar-refractivity contribution in [3.63, 3.8) is 0 Å². The zero-order valence-electron chi connectivity index (χ0n) is 13.3. The number of rotatable bonds is 5. The molecule has 2 fully saturated rings. The molecule has 0 radical (unpaired) electrons. The maximum atomic E-state index is 9.72. The SMILES string of the molecule is CC(C)=CCN1CCC(NCC2CCCC(O)C2)CC1. The Bertz CT molecular complexity index is 304. The van der Waals surface area contributed by atoms with Crippen LogP contribution < -0.4 is 5.32 Å². The van der Waals surface area contributed by atoms with E-state index < -0.39 is 0 Å². The van der Waals surface area contributed by atoms with E-state index in [-0.39, 0.29) is 6.10 Å². The molecule has 1 aliphatic carbocycles. The lowest BCUT2D eigenvalue weighted by molar-refractivity contribution is 0.0979. The number of hydrogen-bond donors (Lipinski definition) is 2. The summed E-state index contributed by atoms with van der Waals surface area (Å²) in [6, 6.07) is 0.692. The molecule has 0 spiro atoms. The molecule has 0 aromatic heterocycles. The number of nitrogens with zero attached hydrogens (tertiary/aromatic N) is 1. The zero-order chi connectivity index (χ0) is 14.4. The summed E-state index contributed by atoms with van der Waals surface area (Å²) in [7, 11) is 0. The van der Waals surface area contributed by atoms with Gasteiger partial charge in [-0.2, -0.15) is 0 Å². The molecule has 2 aliphatic rings. The predicted octanol–water partition coefficient (Wildman–Crippen LogP) is 2.56. The topological polar surface area (TPSA) is 35.5 Å². The molecule has 0 amide bonds. The summed E-state index contributed by atoms with van der Waals surface area (Å²) < 4.78 is 0. The first-order valence-corrected chi connectivity index (χ1v) is 8.40. The number of aliphatic hydroxyl groups is 1. The van der Waals surface area contributed by atoms with Gasteiger partial charge in [-0.05, 0) is 71.5 Å². The fraction of sp³-hybridized carbons (Fsp3) is 0.882. The van der Waals surface area contributed by atoms with Gasteiger partial charge in [0.15, 0.2) is 0 Å². The van der Waals surface area contributed by atoms with Crippen LogP contribution in [0.15, 0.2) is 11.6 Å². The average molecular weight is 280 g/mol. The molecule has 2 rings (SSSR count). The first-order valence-electron chi connectivity index (χ1n) is 8.40. The van der Waals surface area contributed by atoms with E-state index in [1.807, 2.05) is 0 Å². The highest BCUT2D eigenvalue weighted by molar-refractivity contribution is 4.95. The monoisotopic (exact) mass is 280 g/mol. The summed E-state index contributed by atoms with van der Waals surface area (Å²) in [5.74, 6) is 0.697. The first-order chi connectivity index (χ1) is 9.63. The summed E-state index contributed by atoms with van der Waals surface area (Å²) >= 11 is 0. The lowest BCUT2D eigenvalue weighted by Gasteiger charge is -2.33. The van der Waals surface area contributed by atoms with Gasteiger partial charge in [0.05, 0.1) is 6.10 Å². The highest BCUT2D eigenvalue weighted by Gasteiger charge is 2.22. The molecule has 2 atom stereocenters. The molecule has 20 heavy (non-hydrogen) atoms. The van der Waals surface area contributed by atoms with Crippen molar-refractivity contribution in [3.05, 3.63) is 11.6 Å². The van der Waals surface area contributed by atoms with Crippen LogP contribution in [0.5, 0.6) is 0 Å². The molecule has 1 saturated heterocycles. The van der Waals surface area contributed by atoms with Crippen molar-refractivity contribution in [2.24, 2.45) is 5.92 Å². The van der Waals surface area contributed by atoms with Crippen LogP contribution in [0.1, 0.15) is 52.4 Å². The van der Waals surface area contributed by atoms with Crippen LogP contribution in [-0.2, 0) is 0 Å². The fourth-order valence-corrected chi connectivity index (χ4v) is 3.41. The van der Waals surface area contributed by atoms with Gasteiger partial charge in [0.2, 0.25) is 0 Å². The van der Waals surface area contributed by atoms with Crippen LogP contribution in [0.4, 0.5) is 0 Å². The lowest BCUT2D eigenvalue weighted by atomic mass is 9.87. The van der Waals surface area contributed by atoms with E-state index in [0.717, 1.165) is 25.9 Å². The smallest absolute Gasteiger partial charge is 0.0543 e. The second-order valence-electron chi connectivity index (χ2n) is 6.95. The largest absolute Gasteiger partial charge is 0.393 e. The Labute approximate surface area is 124 Å². The Balaban J connectivity index is 1.61. The number of aliphatic hydroxyl groups excluding tert-OH is 1. The van der Waals surface area contributed by atoms with Crippen LogP contribution in [0, 0.1) is 5.92 Å². The highest BCUT2D eigenvalue weighted by atomic mass is 16.3. The van der Waals surface area contributed by atoms with Crippen molar-refractivity contribution >= 4 is 0 Å². The summed E-state index contributed by atoms with van der Waals surface area (Å²) in [6.07, 6.45) is 9.35. The van der Waals surface area contributed by atoms with Crippen LogP contribution in [0.25, 0.3) is 0 Å². The number of nitrogens with one attached hydrogen (secondary N) is 1. The molecule has 0 aromatic rings. The zero-order valence-corrected chi connectivity index (χ0v) is 13.3. The maximum absolute atomic E-state index is 9.72. The van der Waals surface area contributed by atoms with E-state index in [9.17, 15) is 5.11 Å². The summed E-state index contributed by atoms with van der Waals surface area (Å²) in [5, 5.41) is 13.5. The van der Waals surface area contributed by atoms with Gasteiger partial charge >= 0.3 is 0 Å². The van der Waals surface area contributed by atoms with E-state index in [1.54, 1.807) is 0 Å². The van der Waals surface area contributed by atoms with E-state index >= 15 is 0 Å². The number of piperidine rings is 1. The van der Waals surface area contributed by atoms with Gasteiger partial charge in [-0.25, -0.2) is 0 Å². The molecule has 1 aliphatic heterocycles. The van der Waals surface area contributed by atoms with Gasteiger partial charge in [-0.1, -0.05) is 18.1 Å². The number of likely N-dealkylation sites (tertiary alicyclic amines) is 1. The summed E-state index contributed by atoms with van der Waals surface area (Å²) in [4.78, 5) is 2.55. The van der Waals surface area contributed by atoms with Crippen molar-refractivity contribution in [2.45, 2.75) is 64.5 Å². The Kier molecular flexibility index (Phi) is 6.53. The average Bonchev–Trinajstić information content (AvgIpc) is 2.44. The third-order valence-electron chi connectivity index (χ3n) is 4.80. The Morgan fingerprint density at radius 2 is 1.95 bits per heavy atom. The standard InChI is InChI=1S/C17H32N2O/c1-14(2)6-9-19-10-7-16(8-11-19)18-13-15-4-3-5-17(20)12-15/h6,15-18,20H,3-5,7-13H2,1-2H3. The van der Waals surface area contributed by atoms with E-state index in [4.69, 9.17) is 0 Å². The molecule has 0 aromatic carbocycles. The molecule has 2 unspecified atom stereocenters. The first kappa shape index (κ1) is 16.0. The normalized spacial score (nSPS) is 29.4. The summed E-state index contributed by atoms with van der Waals surface area (Å²) in [6.45, 7) is 9.00. The predicted molar refractivity (Wildman–Crippen MR) is 84.9 cm³/mol. The van der Waals surface area contributed by atoms with Crippen LogP contribution in [0.2, 0.25) is 0 Å². The van der Waals surface area contributed by atoms with Crippen molar-refractivity contribution in [2.75, 3.05) is 26.2 Å². The van der Waals surface area contributed by atoms with Crippen LogP contribution in [0.3, 0.4) is 0 Å². The minimum atomic E-state index is -0.0403. The van der Waals surface area contributed by atoms with Crippen molar-refractivity contribution < 1.29 is 5.11 Å². The van der Waals surface area contributed by atoms with Crippen molar-refractivity contribution in [1.29, 1.82) is 0 Å². The van der Waals surface area contributed by atoms with E-state index in [0.29, 0.717) is 12.0 Å². The minimum Gasteiger partial charge on any atom is -0.393 e. The fourth-order valence-electron chi connectivity index (χ4n) is 3.41. The minimum absolute atomic E-state index is 0.0403. The van der Waals surface area contributed by atoms with Gasteiger partial charge in [0, 0.05) is 12.6 Å². The molecular weight excluding hydrogens is 248 g/mol. The molecule has 3 nitrogen and oxygen atoms in total. The van der Waals surface area contributed by atoms with Gasteiger partial charge in [-0.3, -0.25) is 4.90 Å². The maximum Gasteiger partial charge on any atom is 0.0543 e. The highest BCUT2D eigenvalue weighted by Crippen LogP contribution is 2.24. The van der Waals surface area contributed by atoms with Crippen molar-refractivity contribution in [3.8, 4) is 0 Å². The van der Waals surface area contributed by atoms with Crippen LogP contribution in [-0.4, -0.2) is 48.3 Å². The molecule has 3 heteroatoms. The molecule has 2 N–H and O–H groups in total. The quantitative estimate of drug-likeness (QED) is 0.760. The third kappa shape index (κ3) is 5.55. The molecule has 116 valence electrons. The van der Waals surface area contributed by atoms with Gasteiger partial charge < -0.3 is 10.4 Å². The lowest BCUT2D eigenvalue weighted by Crippen LogP contribution is -2.44. The molecule has 0 bridgehead atoms. The number of allylic oxidation sites excluding steroid dienone is 1. The summed E-state index contributed by atoms with van der Waals surface area (Å²) in [5.41, 5.74) is 1.42. The molecule has 1 heterocycles. The molecular formula is C17H32N2O. The van der Waals surface area contributed by atoms with Gasteiger partial charge in [0.25, 0.3) is 0 Å².